The molecular formula is C36H70O4. The Hall–Kier alpha value is -1.06. The summed E-state index contributed by atoms with van der Waals surface area (Å²) in [4.78, 5) is 21.0. The zero-order chi connectivity index (χ0) is 29.4. The first-order valence-electron chi connectivity index (χ1n) is 18.0. The van der Waals surface area contributed by atoms with Gasteiger partial charge in [0, 0.05) is 12.8 Å². The van der Waals surface area contributed by atoms with Crippen LogP contribution in [0.25, 0.3) is 0 Å². The van der Waals surface area contributed by atoms with Crippen molar-refractivity contribution in [2.45, 2.75) is 212 Å². The Kier molecular flexibility index (Phi) is 31.6. The van der Waals surface area contributed by atoms with Crippen LogP contribution in [-0.2, 0) is 9.59 Å². The van der Waals surface area contributed by atoms with Crippen molar-refractivity contribution < 1.29 is 19.8 Å². The molecule has 0 saturated carbocycles. The lowest BCUT2D eigenvalue weighted by Gasteiger charge is -2.16. The van der Waals surface area contributed by atoms with E-state index in [0.717, 1.165) is 31.6 Å². The van der Waals surface area contributed by atoms with Gasteiger partial charge in [0.1, 0.15) is 0 Å². The fourth-order valence-corrected chi connectivity index (χ4v) is 6.15. The minimum Gasteiger partial charge on any atom is -0.481 e. The number of carbonyl (C=O) groups is 2. The molecule has 40 heavy (non-hydrogen) atoms. The molecule has 0 aromatic heterocycles. The average Bonchev–Trinajstić information content (AvgIpc) is 2.92. The van der Waals surface area contributed by atoms with E-state index >= 15 is 0 Å². The van der Waals surface area contributed by atoms with Crippen molar-refractivity contribution in [3.8, 4) is 0 Å². The molecule has 0 spiro atoms. The molecule has 0 aromatic rings. The molecule has 0 aromatic carbocycles. The summed E-state index contributed by atoms with van der Waals surface area (Å²) in [7, 11) is 0. The van der Waals surface area contributed by atoms with Crippen LogP contribution in [0.1, 0.15) is 212 Å². The lowest BCUT2D eigenvalue weighted by atomic mass is 9.90. The highest BCUT2D eigenvalue weighted by Crippen LogP contribution is 2.23. The van der Waals surface area contributed by atoms with Gasteiger partial charge in [0.05, 0.1) is 0 Å². The summed E-state index contributed by atoms with van der Waals surface area (Å²) in [6.45, 7) is 2.35. The third-order valence-electron chi connectivity index (χ3n) is 8.70. The van der Waals surface area contributed by atoms with Gasteiger partial charge in [-0.2, -0.15) is 0 Å². The van der Waals surface area contributed by atoms with Gasteiger partial charge in [0.15, 0.2) is 0 Å². The van der Waals surface area contributed by atoms with Crippen LogP contribution in [0, 0.1) is 5.92 Å². The highest BCUT2D eigenvalue weighted by Gasteiger charge is 2.07. The quantitative estimate of drug-likeness (QED) is 0.0759. The zero-order valence-corrected chi connectivity index (χ0v) is 26.9. The lowest BCUT2D eigenvalue weighted by Crippen LogP contribution is -2.00. The molecule has 4 heteroatoms. The van der Waals surface area contributed by atoms with Crippen LogP contribution in [0.3, 0.4) is 0 Å². The molecule has 238 valence electrons. The monoisotopic (exact) mass is 567 g/mol. The second-order valence-electron chi connectivity index (χ2n) is 12.7. The standard InChI is InChI=1S/C36H70O4/c1-2-29-34(31-26-22-18-14-10-8-12-16-20-24-28-33-36(39)40)30-25-21-17-13-9-6-4-3-5-7-11-15-19-23-27-32-35(37)38/h34H,2-33H2,1H3,(H,37,38)(H,39,40). The van der Waals surface area contributed by atoms with Gasteiger partial charge in [-0.05, 0) is 18.8 Å². The third kappa shape index (κ3) is 33.1. The maximum atomic E-state index is 10.5. The van der Waals surface area contributed by atoms with E-state index in [-0.39, 0.29) is 0 Å². The molecule has 1 atom stereocenters. The van der Waals surface area contributed by atoms with Crippen LogP contribution in [0.5, 0.6) is 0 Å². The number of rotatable bonds is 34. The van der Waals surface area contributed by atoms with Crippen LogP contribution in [0.2, 0.25) is 0 Å². The van der Waals surface area contributed by atoms with Gasteiger partial charge in [-0.15, -0.1) is 0 Å². The molecule has 0 bridgehead atoms. The van der Waals surface area contributed by atoms with Crippen LogP contribution in [0.4, 0.5) is 0 Å². The second-order valence-corrected chi connectivity index (χ2v) is 12.7. The first-order valence-corrected chi connectivity index (χ1v) is 18.0. The van der Waals surface area contributed by atoms with Crippen molar-refractivity contribution in [2.24, 2.45) is 5.92 Å². The molecular weight excluding hydrogens is 496 g/mol. The summed E-state index contributed by atoms with van der Waals surface area (Å²) >= 11 is 0. The third-order valence-corrected chi connectivity index (χ3v) is 8.70. The molecule has 0 radical (unpaired) electrons. The fraction of sp³-hybridized carbons (Fsp3) is 0.944. The molecule has 0 rings (SSSR count). The van der Waals surface area contributed by atoms with E-state index in [4.69, 9.17) is 10.2 Å². The Morgan fingerprint density at radius 2 is 0.600 bits per heavy atom. The largest absolute Gasteiger partial charge is 0.481 e. The normalized spacial score (nSPS) is 12.1. The number of carboxylic acids is 2. The Balaban J connectivity index is 3.37. The Morgan fingerprint density at radius 3 is 0.825 bits per heavy atom. The second kappa shape index (κ2) is 32.5. The summed E-state index contributed by atoms with van der Waals surface area (Å²) in [5, 5.41) is 17.3. The average molecular weight is 567 g/mol. The molecule has 0 saturated heterocycles. The molecule has 0 aliphatic heterocycles. The maximum Gasteiger partial charge on any atom is 0.303 e. The number of hydrogen-bond acceptors (Lipinski definition) is 2. The first kappa shape index (κ1) is 38.9. The van der Waals surface area contributed by atoms with Gasteiger partial charge < -0.3 is 10.2 Å². The molecule has 4 nitrogen and oxygen atoms in total. The van der Waals surface area contributed by atoms with Gasteiger partial charge in [-0.25, -0.2) is 0 Å². The first-order chi connectivity index (χ1) is 19.6. The van der Waals surface area contributed by atoms with Crippen molar-refractivity contribution >= 4 is 11.9 Å². The molecule has 0 fully saturated rings. The molecule has 0 aliphatic carbocycles. The Morgan fingerprint density at radius 1 is 0.375 bits per heavy atom. The molecule has 0 aliphatic rings. The van der Waals surface area contributed by atoms with Gasteiger partial charge in [-0.3, -0.25) is 9.59 Å². The van der Waals surface area contributed by atoms with E-state index in [2.05, 4.69) is 6.92 Å². The van der Waals surface area contributed by atoms with E-state index in [1.54, 1.807) is 0 Å². The number of unbranched alkanes of at least 4 members (excludes halogenated alkanes) is 24. The van der Waals surface area contributed by atoms with E-state index < -0.39 is 11.9 Å². The van der Waals surface area contributed by atoms with Crippen LogP contribution >= 0.6 is 0 Å². The minimum absolute atomic E-state index is 0.337. The summed E-state index contributed by atoms with van der Waals surface area (Å²) in [6, 6.07) is 0. The van der Waals surface area contributed by atoms with Gasteiger partial charge >= 0.3 is 11.9 Å². The van der Waals surface area contributed by atoms with Crippen LogP contribution in [0.15, 0.2) is 0 Å². The smallest absolute Gasteiger partial charge is 0.303 e. The Bertz CT molecular complexity index is 533. The summed E-state index contributed by atoms with van der Waals surface area (Å²) in [6.07, 6.45) is 40.4. The number of aliphatic carboxylic acids is 2. The lowest BCUT2D eigenvalue weighted by molar-refractivity contribution is -0.138. The van der Waals surface area contributed by atoms with Crippen molar-refractivity contribution in [1.82, 2.24) is 0 Å². The van der Waals surface area contributed by atoms with Gasteiger partial charge in [0.25, 0.3) is 0 Å². The fourth-order valence-electron chi connectivity index (χ4n) is 6.15. The van der Waals surface area contributed by atoms with Crippen molar-refractivity contribution in [3.05, 3.63) is 0 Å². The van der Waals surface area contributed by atoms with E-state index in [1.165, 1.54) is 167 Å². The molecule has 0 heterocycles. The topological polar surface area (TPSA) is 74.6 Å². The van der Waals surface area contributed by atoms with Crippen LogP contribution in [-0.4, -0.2) is 22.2 Å². The predicted molar refractivity (Wildman–Crippen MR) is 172 cm³/mol. The van der Waals surface area contributed by atoms with E-state index in [9.17, 15) is 9.59 Å². The minimum atomic E-state index is -0.655. The molecule has 1 unspecified atom stereocenters. The van der Waals surface area contributed by atoms with Crippen molar-refractivity contribution in [1.29, 1.82) is 0 Å². The highest BCUT2D eigenvalue weighted by atomic mass is 16.4. The van der Waals surface area contributed by atoms with Gasteiger partial charge in [-0.1, -0.05) is 187 Å². The molecule has 0 amide bonds. The van der Waals surface area contributed by atoms with Crippen molar-refractivity contribution in [3.63, 3.8) is 0 Å². The number of carboxylic acid groups (broad SMARTS) is 2. The zero-order valence-electron chi connectivity index (χ0n) is 26.9. The summed E-state index contributed by atoms with van der Waals surface area (Å²) in [5.74, 6) is -0.342. The van der Waals surface area contributed by atoms with Crippen molar-refractivity contribution in [2.75, 3.05) is 0 Å². The highest BCUT2D eigenvalue weighted by molar-refractivity contribution is 5.66. The number of hydrogen-bond donors (Lipinski definition) is 2. The Labute approximate surface area is 249 Å². The predicted octanol–water partition coefficient (Wildman–Crippen LogP) is 12.3. The maximum absolute atomic E-state index is 10.5. The summed E-state index contributed by atoms with van der Waals surface area (Å²) in [5.41, 5.74) is 0. The van der Waals surface area contributed by atoms with Gasteiger partial charge in [0.2, 0.25) is 0 Å². The van der Waals surface area contributed by atoms with Crippen LogP contribution < -0.4 is 0 Å². The summed E-state index contributed by atoms with van der Waals surface area (Å²) < 4.78 is 0. The molecule has 2 N–H and O–H groups in total. The van der Waals surface area contributed by atoms with E-state index in [0.29, 0.717) is 12.8 Å². The van der Waals surface area contributed by atoms with E-state index in [1.807, 2.05) is 0 Å². The SMILES string of the molecule is CCCC(CCCCCCCCCCCCCCCCCC(=O)O)CCCCCCCCCCCCCC(=O)O.